The molecule has 0 N–H and O–H groups in total. The van der Waals surface area contributed by atoms with Crippen molar-refractivity contribution in [2.75, 3.05) is 12.0 Å². The Labute approximate surface area is 170 Å². The minimum Gasteiger partial charge on any atom is -0.497 e. The number of ether oxygens (including phenoxy) is 1. The Bertz CT molecular complexity index is 1350. The van der Waals surface area contributed by atoms with Crippen LogP contribution in [0.1, 0.15) is 27.7 Å². The minimum absolute atomic E-state index is 0.0717. The lowest BCUT2D eigenvalue weighted by Crippen LogP contribution is -2.30. The van der Waals surface area contributed by atoms with Crippen LogP contribution in [0.3, 0.4) is 0 Å². The molecule has 7 heteroatoms. The molecule has 1 atom stereocenters. The molecule has 0 radical (unpaired) electrons. The molecule has 3 heterocycles. The first-order valence-corrected chi connectivity index (χ1v) is 9.23. The van der Waals surface area contributed by atoms with Crippen molar-refractivity contribution in [1.29, 1.82) is 0 Å². The van der Waals surface area contributed by atoms with Crippen LogP contribution >= 0.6 is 0 Å². The van der Waals surface area contributed by atoms with Gasteiger partial charge in [-0.3, -0.25) is 14.5 Å². The standard InChI is InChI=1S/C23H15FN2O4/c1-29-15-6-4-5-13(11-15)20-19-21(27)16-12-14(24)8-9-17(16)30-22(19)23(28)26(20)18-7-2-3-10-25-18/h2-12,20H,1H3. The molecule has 0 saturated carbocycles. The van der Waals surface area contributed by atoms with Crippen molar-refractivity contribution in [2.24, 2.45) is 0 Å². The zero-order valence-electron chi connectivity index (χ0n) is 15.8. The van der Waals surface area contributed by atoms with Gasteiger partial charge in [0, 0.05) is 6.20 Å². The van der Waals surface area contributed by atoms with Crippen LogP contribution in [0.5, 0.6) is 5.75 Å². The summed E-state index contributed by atoms with van der Waals surface area (Å²) in [5.74, 6) is -0.169. The number of halogens is 1. The van der Waals surface area contributed by atoms with Crippen LogP contribution in [0.15, 0.2) is 76.1 Å². The maximum absolute atomic E-state index is 13.8. The first-order valence-electron chi connectivity index (χ1n) is 9.23. The summed E-state index contributed by atoms with van der Waals surface area (Å²) >= 11 is 0. The highest BCUT2D eigenvalue weighted by molar-refractivity contribution is 6.10. The van der Waals surface area contributed by atoms with Crippen molar-refractivity contribution in [3.63, 3.8) is 0 Å². The van der Waals surface area contributed by atoms with Gasteiger partial charge < -0.3 is 9.15 Å². The van der Waals surface area contributed by atoms with Gasteiger partial charge in [0.1, 0.15) is 23.0 Å². The lowest BCUT2D eigenvalue weighted by Gasteiger charge is -2.24. The van der Waals surface area contributed by atoms with Crippen LogP contribution in [-0.4, -0.2) is 18.0 Å². The molecule has 148 valence electrons. The quantitative estimate of drug-likeness (QED) is 0.516. The van der Waals surface area contributed by atoms with Crippen LogP contribution in [0.2, 0.25) is 0 Å². The van der Waals surface area contributed by atoms with Crippen LogP contribution in [0.25, 0.3) is 11.0 Å². The number of rotatable bonds is 3. The second-order valence-electron chi connectivity index (χ2n) is 6.86. The van der Waals surface area contributed by atoms with Gasteiger partial charge in [0.25, 0.3) is 5.91 Å². The number of anilines is 1. The summed E-state index contributed by atoms with van der Waals surface area (Å²) in [4.78, 5) is 32.4. The van der Waals surface area contributed by atoms with E-state index in [0.29, 0.717) is 17.1 Å². The van der Waals surface area contributed by atoms with Crippen molar-refractivity contribution in [2.45, 2.75) is 6.04 Å². The van der Waals surface area contributed by atoms with Crippen molar-refractivity contribution < 1.29 is 18.3 Å². The number of aromatic nitrogens is 1. The summed E-state index contributed by atoms with van der Waals surface area (Å²) in [6.07, 6.45) is 1.56. The van der Waals surface area contributed by atoms with Crippen molar-refractivity contribution in [1.82, 2.24) is 4.98 Å². The van der Waals surface area contributed by atoms with Crippen LogP contribution in [-0.2, 0) is 0 Å². The highest BCUT2D eigenvalue weighted by atomic mass is 19.1. The highest BCUT2D eigenvalue weighted by Crippen LogP contribution is 2.41. The van der Waals surface area contributed by atoms with Gasteiger partial charge in [-0.15, -0.1) is 0 Å². The summed E-state index contributed by atoms with van der Waals surface area (Å²) in [6.45, 7) is 0. The van der Waals surface area contributed by atoms with E-state index in [0.717, 1.165) is 6.07 Å². The molecule has 4 aromatic rings. The third-order valence-electron chi connectivity index (χ3n) is 5.14. The van der Waals surface area contributed by atoms with Gasteiger partial charge in [-0.05, 0) is 48.0 Å². The average molecular weight is 402 g/mol. The minimum atomic E-state index is -0.790. The summed E-state index contributed by atoms with van der Waals surface area (Å²) in [7, 11) is 1.54. The van der Waals surface area contributed by atoms with Crippen molar-refractivity contribution in [3.8, 4) is 5.75 Å². The van der Waals surface area contributed by atoms with E-state index in [-0.39, 0.29) is 22.3 Å². The van der Waals surface area contributed by atoms with E-state index in [1.807, 2.05) is 0 Å². The zero-order valence-corrected chi connectivity index (χ0v) is 15.8. The Morgan fingerprint density at radius 1 is 1.07 bits per heavy atom. The Hall–Kier alpha value is -4.00. The number of carbonyl (C=O) groups is 1. The molecule has 1 aliphatic heterocycles. The second-order valence-corrected chi connectivity index (χ2v) is 6.86. The fourth-order valence-corrected chi connectivity index (χ4v) is 3.80. The van der Waals surface area contributed by atoms with E-state index in [1.54, 1.807) is 48.7 Å². The number of benzene rings is 2. The monoisotopic (exact) mass is 402 g/mol. The Morgan fingerprint density at radius 2 is 1.93 bits per heavy atom. The van der Waals surface area contributed by atoms with E-state index < -0.39 is 23.2 Å². The normalized spacial score (nSPS) is 15.5. The fraction of sp³-hybridized carbons (Fsp3) is 0.0870. The Balaban J connectivity index is 1.83. The maximum Gasteiger partial charge on any atom is 0.296 e. The molecule has 2 aromatic carbocycles. The number of hydrogen-bond donors (Lipinski definition) is 0. The van der Waals surface area contributed by atoms with Crippen LogP contribution in [0, 0.1) is 5.82 Å². The molecule has 0 bridgehead atoms. The van der Waals surface area contributed by atoms with E-state index in [2.05, 4.69) is 4.98 Å². The Kier molecular flexibility index (Phi) is 4.10. The predicted octanol–water partition coefficient (Wildman–Crippen LogP) is 4.09. The van der Waals surface area contributed by atoms with Gasteiger partial charge in [-0.1, -0.05) is 18.2 Å². The topological polar surface area (TPSA) is 72.6 Å². The second kappa shape index (κ2) is 6.81. The molecule has 0 fully saturated rings. The summed E-state index contributed by atoms with van der Waals surface area (Å²) in [5.41, 5.74) is 0.498. The molecule has 30 heavy (non-hydrogen) atoms. The number of hydrogen-bond acceptors (Lipinski definition) is 5. The molecular formula is C23H15FN2O4. The number of methoxy groups -OCH3 is 1. The third-order valence-corrected chi connectivity index (χ3v) is 5.14. The van der Waals surface area contributed by atoms with E-state index >= 15 is 0 Å². The summed E-state index contributed by atoms with van der Waals surface area (Å²) < 4.78 is 24.9. The van der Waals surface area contributed by atoms with Gasteiger partial charge in [0.2, 0.25) is 5.76 Å². The highest BCUT2D eigenvalue weighted by Gasteiger charge is 2.44. The Morgan fingerprint density at radius 3 is 2.70 bits per heavy atom. The first-order chi connectivity index (χ1) is 14.6. The van der Waals surface area contributed by atoms with Crippen LogP contribution < -0.4 is 15.1 Å². The molecule has 0 saturated heterocycles. The molecule has 2 aromatic heterocycles. The predicted molar refractivity (Wildman–Crippen MR) is 108 cm³/mol. The van der Waals surface area contributed by atoms with Crippen LogP contribution in [0.4, 0.5) is 10.2 Å². The molecule has 6 nitrogen and oxygen atoms in total. The SMILES string of the molecule is COc1cccc(C2c3c(oc4ccc(F)cc4c3=O)C(=O)N2c2ccccn2)c1. The van der Waals surface area contributed by atoms with E-state index in [4.69, 9.17) is 9.15 Å². The van der Waals surface area contributed by atoms with Gasteiger partial charge >= 0.3 is 0 Å². The summed E-state index contributed by atoms with van der Waals surface area (Å²) in [5, 5.41) is 0.0808. The number of fused-ring (bicyclic) bond motifs is 2. The number of nitrogens with zero attached hydrogens (tertiary/aromatic N) is 2. The zero-order chi connectivity index (χ0) is 20.8. The van der Waals surface area contributed by atoms with Gasteiger partial charge in [0.15, 0.2) is 5.43 Å². The smallest absolute Gasteiger partial charge is 0.296 e. The lowest BCUT2D eigenvalue weighted by molar-refractivity contribution is 0.0970. The molecule has 1 unspecified atom stereocenters. The number of pyridine rings is 1. The van der Waals surface area contributed by atoms with Gasteiger partial charge in [-0.2, -0.15) is 0 Å². The van der Waals surface area contributed by atoms with E-state index in [9.17, 15) is 14.0 Å². The fourth-order valence-electron chi connectivity index (χ4n) is 3.80. The third kappa shape index (κ3) is 2.67. The summed E-state index contributed by atoms with van der Waals surface area (Å²) in [6, 6.07) is 15.1. The van der Waals surface area contributed by atoms with E-state index in [1.165, 1.54) is 24.1 Å². The molecule has 0 aliphatic carbocycles. The van der Waals surface area contributed by atoms with Crippen molar-refractivity contribution >= 4 is 22.7 Å². The number of carbonyl (C=O) groups excluding carboxylic acids is 1. The van der Waals surface area contributed by atoms with Gasteiger partial charge in [-0.25, -0.2) is 9.37 Å². The number of amides is 1. The molecule has 5 rings (SSSR count). The average Bonchev–Trinajstić information content (AvgIpc) is 3.07. The molecule has 1 aliphatic rings. The maximum atomic E-state index is 13.8. The largest absolute Gasteiger partial charge is 0.497 e. The molecule has 0 spiro atoms. The van der Waals surface area contributed by atoms with Crippen molar-refractivity contribution in [3.05, 3.63) is 99.8 Å². The first kappa shape index (κ1) is 18.1. The molecule has 1 amide bonds. The van der Waals surface area contributed by atoms with Gasteiger partial charge in [0.05, 0.1) is 24.1 Å². The lowest BCUT2D eigenvalue weighted by atomic mass is 9.98. The molecular weight excluding hydrogens is 387 g/mol.